The van der Waals surface area contributed by atoms with Crippen LogP contribution in [0.3, 0.4) is 0 Å². The van der Waals surface area contributed by atoms with Crippen LogP contribution < -0.4 is 4.74 Å². The number of hydrogen-bond acceptors (Lipinski definition) is 3. The van der Waals surface area contributed by atoms with Gasteiger partial charge < -0.3 is 4.74 Å². The average molecular weight is 352 g/mol. The summed E-state index contributed by atoms with van der Waals surface area (Å²) in [5, 5.41) is 1.40. The van der Waals surface area contributed by atoms with Gasteiger partial charge in [-0.15, -0.1) is 11.3 Å². The molecule has 1 aromatic heterocycles. The van der Waals surface area contributed by atoms with Crippen LogP contribution in [0.25, 0.3) is 10.2 Å². The van der Waals surface area contributed by atoms with E-state index in [1.807, 2.05) is 30.3 Å². The normalized spacial score (nSPS) is 10.9. The van der Waals surface area contributed by atoms with Crippen molar-refractivity contribution in [2.75, 3.05) is 0 Å². The molecular weight excluding hydrogens is 341 g/mol. The Morgan fingerprint density at radius 3 is 2.80 bits per heavy atom. The molecule has 0 radical (unpaired) electrons. The molecule has 0 aliphatic carbocycles. The summed E-state index contributed by atoms with van der Waals surface area (Å²) in [4.78, 5) is 4.47. The predicted molar refractivity (Wildman–Crippen MR) is 83.0 cm³/mol. The minimum atomic E-state index is -0.344. The highest BCUT2D eigenvalue weighted by Crippen LogP contribution is 2.27. The fraction of sp³-hybridized carbons (Fsp3) is 0.133. The van der Waals surface area contributed by atoms with Crippen molar-refractivity contribution < 1.29 is 9.13 Å². The first kappa shape index (κ1) is 13.5. The van der Waals surface area contributed by atoms with Crippen molar-refractivity contribution in [2.45, 2.75) is 11.9 Å². The molecule has 0 bridgehead atoms. The van der Waals surface area contributed by atoms with E-state index in [0.717, 1.165) is 20.8 Å². The molecule has 0 unspecified atom stereocenters. The van der Waals surface area contributed by atoms with Gasteiger partial charge in [-0.3, -0.25) is 0 Å². The van der Waals surface area contributed by atoms with Gasteiger partial charge in [0.05, 0.1) is 10.2 Å². The summed E-state index contributed by atoms with van der Waals surface area (Å²) in [5.74, 6) is -0.0494. The fourth-order valence-corrected chi connectivity index (χ4v) is 3.26. The molecule has 102 valence electrons. The Labute approximate surface area is 128 Å². The molecule has 0 aliphatic rings. The van der Waals surface area contributed by atoms with Crippen LogP contribution in [0.2, 0.25) is 0 Å². The maximum absolute atomic E-state index is 13.8. The van der Waals surface area contributed by atoms with Crippen molar-refractivity contribution in [2.24, 2.45) is 0 Å². The van der Waals surface area contributed by atoms with E-state index in [1.54, 1.807) is 17.4 Å². The maximum atomic E-state index is 13.8. The van der Waals surface area contributed by atoms with Gasteiger partial charge in [0.15, 0.2) is 11.6 Å². The molecule has 1 heterocycles. The van der Waals surface area contributed by atoms with Gasteiger partial charge in [-0.2, -0.15) is 0 Å². The Morgan fingerprint density at radius 1 is 1.15 bits per heavy atom. The summed E-state index contributed by atoms with van der Waals surface area (Å²) in [7, 11) is 0. The summed E-state index contributed by atoms with van der Waals surface area (Å²) < 4.78 is 20.5. The van der Waals surface area contributed by atoms with Crippen LogP contribution in [0.5, 0.6) is 5.75 Å². The predicted octanol–water partition coefficient (Wildman–Crippen LogP) is 4.91. The number of fused-ring (bicyclic) bond motifs is 1. The topological polar surface area (TPSA) is 22.1 Å². The lowest BCUT2D eigenvalue weighted by atomic mass is 10.2. The number of nitrogens with zero attached hydrogens (tertiary/aromatic N) is 1. The molecule has 0 fully saturated rings. The van der Waals surface area contributed by atoms with Gasteiger partial charge in [-0.1, -0.05) is 40.2 Å². The third kappa shape index (κ3) is 2.69. The molecule has 0 N–H and O–H groups in total. The van der Waals surface area contributed by atoms with Crippen molar-refractivity contribution >= 4 is 37.5 Å². The summed E-state index contributed by atoms with van der Waals surface area (Å²) in [6.07, 6.45) is 0. The fourth-order valence-electron chi connectivity index (χ4n) is 1.94. The van der Waals surface area contributed by atoms with Gasteiger partial charge in [0.2, 0.25) is 0 Å². The summed E-state index contributed by atoms with van der Waals surface area (Å²) in [6.45, 7) is 0.278. The Hall–Kier alpha value is -1.46. The van der Waals surface area contributed by atoms with E-state index >= 15 is 0 Å². The zero-order chi connectivity index (χ0) is 13.9. The Morgan fingerprint density at radius 2 is 2.00 bits per heavy atom. The molecule has 0 aliphatic heterocycles. The number of hydrogen-bond donors (Lipinski definition) is 0. The first-order valence-electron chi connectivity index (χ1n) is 6.08. The average Bonchev–Trinajstić information content (AvgIpc) is 2.88. The van der Waals surface area contributed by atoms with Crippen LogP contribution in [0, 0.1) is 5.82 Å². The number of para-hydroxylation sites is 2. The van der Waals surface area contributed by atoms with Crippen LogP contribution in [-0.2, 0) is 11.9 Å². The third-order valence-corrected chi connectivity index (χ3v) is 4.48. The quantitative estimate of drug-likeness (QED) is 0.623. The first-order valence-corrected chi connectivity index (χ1v) is 8.02. The number of ether oxygens (including phenoxy) is 1. The molecule has 3 rings (SSSR count). The van der Waals surface area contributed by atoms with Gasteiger partial charge in [-0.05, 0) is 18.2 Å². The lowest BCUT2D eigenvalue weighted by Gasteiger charge is -2.09. The molecule has 0 saturated carbocycles. The summed E-state index contributed by atoms with van der Waals surface area (Å²) in [5.41, 5.74) is 1.75. The monoisotopic (exact) mass is 351 g/mol. The van der Waals surface area contributed by atoms with E-state index in [1.165, 1.54) is 6.07 Å². The minimum Gasteiger partial charge on any atom is -0.483 e. The van der Waals surface area contributed by atoms with Crippen molar-refractivity contribution in [3.8, 4) is 5.75 Å². The highest BCUT2D eigenvalue weighted by atomic mass is 79.9. The lowest BCUT2D eigenvalue weighted by molar-refractivity contribution is 0.287. The maximum Gasteiger partial charge on any atom is 0.165 e. The SMILES string of the molecule is Fc1cccc(CBr)c1OCc1nc2ccccc2s1. The molecule has 0 atom stereocenters. The molecule has 20 heavy (non-hydrogen) atoms. The molecule has 2 aromatic carbocycles. The van der Waals surface area contributed by atoms with Gasteiger partial charge in [-0.25, -0.2) is 9.37 Å². The Bertz CT molecular complexity index is 711. The van der Waals surface area contributed by atoms with E-state index in [2.05, 4.69) is 20.9 Å². The van der Waals surface area contributed by atoms with Crippen LogP contribution in [0.4, 0.5) is 4.39 Å². The summed E-state index contributed by atoms with van der Waals surface area (Å²) >= 11 is 4.90. The number of thiazole rings is 1. The van der Waals surface area contributed by atoms with E-state index in [0.29, 0.717) is 11.1 Å². The van der Waals surface area contributed by atoms with E-state index in [4.69, 9.17) is 4.74 Å². The first-order chi connectivity index (χ1) is 9.78. The van der Waals surface area contributed by atoms with Crippen LogP contribution in [0.1, 0.15) is 10.6 Å². The van der Waals surface area contributed by atoms with Crippen molar-refractivity contribution in [3.05, 3.63) is 58.9 Å². The van der Waals surface area contributed by atoms with E-state index < -0.39 is 0 Å². The number of rotatable bonds is 4. The van der Waals surface area contributed by atoms with Gasteiger partial charge in [0.25, 0.3) is 0 Å². The highest BCUT2D eigenvalue weighted by Gasteiger charge is 2.10. The van der Waals surface area contributed by atoms with Crippen molar-refractivity contribution in [1.29, 1.82) is 0 Å². The van der Waals surface area contributed by atoms with Crippen molar-refractivity contribution in [3.63, 3.8) is 0 Å². The number of benzene rings is 2. The minimum absolute atomic E-state index is 0.278. The van der Waals surface area contributed by atoms with Crippen LogP contribution in [-0.4, -0.2) is 4.98 Å². The highest BCUT2D eigenvalue weighted by molar-refractivity contribution is 9.08. The Kier molecular flexibility index (Phi) is 3.98. The lowest BCUT2D eigenvalue weighted by Crippen LogP contribution is -1.99. The second kappa shape index (κ2) is 5.89. The molecule has 2 nitrogen and oxygen atoms in total. The molecule has 5 heteroatoms. The number of aromatic nitrogens is 1. The van der Waals surface area contributed by atoms with Gasteiger partial charge in [0.1, 0.15) is 11.6 Å². The Balaban J connectivity index is 1.82. The molecule has 3 aromatic rings. The summed E-state index contributed by atoms with van der Waals surface area (Å²) in [6, 6.07) is 12.8. The third-order valence-electron chi connectivity index (χ3n) is 2.87. The van der Waals surface area contributed by atoms with Gasteiger partial charge >= 0.3 is 0 Å². The van der Waals surface area contributed by atoms with E-state index in [-0.39, 0.29) is 12.4 Å². The second-order valence-electron chi connectivity index (χ2n) is 4.23. The van der Waals surface area contributed by atoms with Crippen LogP contribution >= 0.6 is 27.3 Å². The molecule has 0 saturated heterocycles. The molecular formula is C15H11BrFNOS. The number of halogens is 2. The van der Waals surface area contributed by atoms with Crippen LogP contribution in [0.15, 0.2) is 42.5 Å². The smallest absolute Gasteiger partial charge is 0.165 e. The second-order valence-corrected chi connectivity index (χ2v) is 5.90. The number of alkyl halides is 1. The van der Waals surface area contributed by atoms with Crippen molar-refractivity contribution in [1.82, 2.24) is 4.98 Å². The standard InChI is InChI=1S/C15H11BrFNOS/c16-8-10-4-3-5-11(17)15(10)19-9-14-18-12-6-1-2-7-13(12)20-14/h1-7H,8-9H2. The molecule has 0 spiro atoms. The van der Waals surface area contributed by atoms with Gasteiger partial charge in [0, 0.05) is 10.9 Å². The zero-order valence-corrected chi connectivity index (χ0v) is 12.9. The van der Waals surface area contributed by atoms with E-state index in [9.17, 15) is 4.39 Å². The largest absolute Gasteiger partial charge is 0.483 e. The molecule has 0 amide bonds. The zero-order valence-electron chi connectivity index (χ0n) is 10.5.